The third kappa shape index (κ3) is 4.72. The number of anilines is 1. The standard InChI is InChI=1S/C23H15F3N4O4/c24-23(25,26)16-6-1-14(2-7-16)3-12-21(31)27-17-8-4-15(5-9-17)22-28-19-11-10-18(30(33)34)13-20(19)29(22)32/h1-13,32H,(H,27,31)/b12-3+. The minimum Gasteiger partial charge on any atom is -0.426 e. The number of nitrogens with one attached hydrogen (secondary N) is 1. The molecule has 34 heavy (non-hydrogen) atoms. The highest BCUT2D eigenvalue weighted by atomic mass is 19.4. The highest BCUT2D eigenvalue weighted by Gasteiger charge is 2.29. The maximum absolute atomic E-state index is 12.6. The molecular weight excluding hydrogens is 453 g/mol. The predicted molar refractivity (Wildman–Crippen MR) is 118 cm³/mol. The molecule has 0 saturated carbocycles. The molecule has 1 aromatic heterocycles. The lowest BCUT2D eigenvalue weighted by atomic mass is 10.1. The van der Waals surface area contributed by atoms with Crippen molar-refractivity contribution in [3.05, 3.63) is 94.0 Å². The van der Waals surface area contributed by atoms with Crippen molar-refractivity contribution in [2.75, 3.05) is 5.32 Å². The summed E-state index contributed by atoms with van der Waals surface area (Å²) in [4.78, 5) is 26.8. The number of hydrogen-bond acceptors (Lipinski definition) is 5. The Morgan fingerprint density at radius 2 is 1.74 bits per heavy atom. The summed E-state index contributed by atoms with van der Waals surface area (Å²) in [5.74, 6) is -0.329. The van der Waals surface area contributed by atoms with Crippen LogP contribution in [0.5, 0.6) is 0 Å². The number of imidazole rings is 1. The van der Waals surface area contributed by atoms with Gasteiger partial charge >= 0.3 is 6.18 Å². The average Bonchev–Trinajstić information content (AvgIpc) is 3.13. The molecule has 0 atom stereocenters. The molecule has 2 N–H and O–H groups in total. The minimum atomic E-state index is -4.43. The lowest BCUT2D eigenvalue weighted by molar-refractivity contribution is -0.384. The quantitative estimate of drug-likeness (QED) is 0.173. The molecule has 0 unspecified atom stereocenters. The van der Waals surface area contributed by atoms with E-state index in [1.165, 1.54) is 42.5 Å². The number of nitro groups is 1. The highest BCUT2D eigenvalue weighted by Crippen LogP contribution is 2.29. The predicted octanol–water partition coefficient (Wildman–Crippen LogP) is 5.52. The van der Waals surface area contributed by atoms with Crippen molar-refractivity contribution in [1.82, 2.24) is 9.71 Å². The third-order valence-corrected chi connectivity index (χ3v) is 4.90. The number of non-ortho nitro benzene ring substituents is 1. The molecule has 11 heteroatoms. The smallest absolute Gasteiger partial charge is 0.416 e. The molecule has 1 heterocycles. The first-order valence-corrected chi connectivity index (χ1v) is 9.75. The van der Waals surface area contributed by atoms with E-state index in [-0.39, 0.29) is 17.0 Å². The molecular formula is C23H15F3N4O4. The summed E-state index contributed by atoms with van der Waals surface area (Å²) in [7, 11) is 0. The van der Waals surface area contributed by atoms with Gasteiger partial charge in [-0.2, -0.15) is 17.9 Å². The first-order chi connectivity index (χ1) is 16.1. The van der Waals surface area contributed by atoms with Crippen LogP contribution >= 0.6 is 0 Å². The summed E-state index contributed by atoms with van der Waals surface area (Å²) >= 11 is 0. The number of nitrogens with zero attached hydrogens (tertiary/aromatic N) is 3. The van der Waals surface area contributed by atoms with Gasteiger partial charge in [0, 0.05) is 29.5 Å². The van der Waals surface area contributed by atoms with Crippen molar-refractivity contribution in [2.45, 2.75) is 6.18 Å². The van der Waals surface area contributed by atoms with Gasteiger partial charge < -0.3 is 10.5 Å². The summed E-state index contributed by atoms with van der Waals surface area (Å²) in [6.07, 6.45) is -1.85. The van der Waals surface area contributed by atoms with Crippen LogP contribution in [-0.4, -0.2) is 25.8 Å². The molecule has 0 aliphatic heterocycles. The lowest BCUT2D eigenvalue weighted by Crippen LogP contribution is -2.07. The molecule has 0 radical (unpaired) electrons. The fourth-order valence-corrected chi connectivity index (χ4v) is 3.19. The number of carbonyl (C=O) groups excluding carboxylic acids is 1. The first kappa shape index (κ1) is 22.5. The van der Waals surface area contributed by atoms with E-state index in [1.807, 2.05) is 0 Å². The number of nitro benzene ring substituents is 1. The van der Waals surface area contributed by atoms with E-state index in [4.69, 9.17) is 0 Å². The largest absolute Gasteiger partial charge is 0.426 e. The van der Waals surface area contributed by atoms with Crippen molar-refractivity contribution >= 4 is 34.4 Å². The van der Waals surface area contributed by atoms with Crippen LogP contribution in [0.15, 0.2) is 72.8 Å². The van der Waals surface area contributed by atoms with E-state index in [0.717, 1.165) is 16.9 Å². The summed E-state index contributed by atoms with van der Waals surface area (Å²) in [5, 5.41) is 24.0. The number of benzene rings is 3. The normalized spacial score (nSPS) is 11.7. The van der Waals surface area contributed by atoms with Crippen LogP contribution in [0.2, 0.25) is 0 Å². The van der Waals surface area contributed by atoms with Crippen LogP contribution in [0.25, 0.3) is 28.5 Å². The molecule has 0 bridgehead atoms. The number of halogens is 3. The molecule has 0 aliphatic rings. The van der Waals surface area contributed by atoms with E-state index in [2.05, 4.69) is 10.3 Å². The SMILES string of the molecule is O=C(/C=C/c1ccc(C(F)(F)F)cc1)Nc1ccc(-c2nc3ccc([N+](=O)[O-])cc3n2O)cc1. The minimum absolute atomic E-state index is 0.163. The van der Waals surface area contributed by atoms with Crippen LogP contribution in [0.3, 0.4) is 0 Å². The fourth-order valence-electron chi connectivity index (χ4n) is 3.19. The second-order valence-corrected chi connectivity index (χ2v) is 7.20. The Balaban J connectivity index is 1.45. The van der Waals surface area contributed by atoms with Crippen LogP contribution in [0.4, 0.5) is 24.5 Å². The number of carbonyl (C=O) groups is 1. The Hall–Kier alpha value is -4.67. The number of aromatic nitrogens is 2. The van der Waals surface area contributed by atoms with Crippen molar-refractivity contribution in [3.63, 3.8) is 0 Å². The third-order valence-electron chi connectivity index (χ3n) is 4.90. The molecule has 172 valence electrons. The van der Waals surface area contributed by atoms with Crippen molar-refractivity contribution in [1.29, 1.82) is 0 Å². The number of rotatable bonds is 5. The molecule has 4 rings (SSSR count). The van der Waals surface area contributed by atoms with Gasteiger partial charge in [0.05, 0.1) is 16.0 Å². The van der Waals surface area contributed by atoms with Gasteiger partial charge in [-0.05, 0) is 54.1 Å². The molecule has 3 aromatic carbocycles. The molecule has 4 aromatic rings. The summed E-state index contributed by atoms with van der Waals surface area (Å²) < 4.78 is 38.6. The molecule has 0 saturated heterocycles. The Bertz CT molecular complexity index is 1410. The van der Waals surface area contributed by atoms with E-state index < -0.39 is 22.6 Å². The Labute approximate surface area is 189 Å². The van der Waals surface area contributed by atoms with Crippen LogP contribution < -0.4 is 5.32 Å². The summed E-state index contributed by atoms with van der Waals surface area (Å²) in [6.45, 7) is 0. The van der Waals surface area contributed by atoms with Crippen molar-refractivity contribution in [2.24, 2.45) is 0 Å². The second kappa shape index (κ2) is 8.70. The molecule has 0 fully saturated rings. The second-order valence-electron chi connectivity index (χ2n) is 7.20. The lowest BCUT2D eigenvalue weighted by Gasteiger charge is -2.06. The Morgan fingerprint density at radius 1 is 1.06 bits per heavy atom. The van der Waals surface area contributed by atoms with Gasteiger partial charge in [-0.25, -0.2) is 4.98 Å². The van der Waals surface area contributed by atoms with Gasteiger partial charge in [0.15, 0.2) is 5.82 Å². The van der Waals surface area contributed by atoms with E-state index in [1.54, 1.807) is 24.3 Å². The van der Waals surface area contributed by atoms with Gasteiger partial charge in [0.2, 0.25) is 5.91 Å². The maximum atomic E-state index is 12.6. The zero-order valence-corrected chi connectivity index (χ0v) is 17.2. The summed E-state index contributed by atoms with van der Waals surface area (Å²) in [5.41, 5.74) is 0.951. The van der Waals surface area contributed by atoms with Crippen LogP contribution in [-0.2, 0) is 11.0 Å². The zero-order valence-electron chi connectivity index (χ0n) is 17.2. The maximum Gasteiger partial charge on any atom is 0.416 e. The van der Waals surface area contributed by atoms with Gasteiger partial charge in [0.25, 0.3) is 5.69 Å². The topological polar surface area (TPSA) is 110 Å². The van der Waals surface area contributed by atoms with Crippen molar-refractivity contribution < 1.29 is 28.1 Å². The van der Waals surface area contributed by atoms with E-state index in [9.17, 15) is 33.3 Å². The van der Waals surface area contributed by atoms with Gasteiger partial charge in [0.1, 0.15) is 5.52 Å². The first-order valence-electron chi connectivity index (χ1n) is 9.75. The van der Waals surface area contributed by atoms with E-state index >= 15 is 0 Å². The molecule has 8 nitrogen and oxygen atoms in total. The fraction of sp³-hybridized carbons (Fsp3) is 0.0435. The molecule has 1 amide bonds. The van der Waals surface area contributed by atoms with Crippen LogP contribution in [0.1, 0.15) is 11.1 Å². The Morgan fingerprint density at radius 3 is 2.35 bits per heavy atom. The Kier molecular flexibility index (Phi) is 5.76. The highest BCUT2D eigenvalue weighted by molar-refractivity contribution is 6.02. The number of amides is 1. The van der Waals surface area contributed by atoms with Gasteiger partial charge in [-0.1, -0.05) is 12.1 Å². The zero-order chi connectivity index (χ0) is 24.5. The van der Waals surface area contributed by atoms with Gasteiger partial charge in [-0.3, -0.25) is 14.9 Å². The van der Waals surface area contributed by atoms with Gasteiger partial charge in [-0.15, -0.1) is 0 Å². The monoisotopic (exact) mass is 468 g/mol. The number of alkyl halides is 3. The summed E-state index contributed by atoms with van der Waals surface area (Å²) in [6, 6.07) is 14.7. The molecule has 0 aliphatic carbocycles. The van der Waals surface area contributed by atoms with E-state index in [0.29, 0.717) is 22.3 Å². The number of hydrogen-bond donors (Lipinski definition) is 2. The van der Waals surface area contributed by atoms with Crippen LogP contribution in [0, 0.1) is 10.1 Å². The average molecular weight is 468 g/mol. The number of fused-ring (bicyclic) bond motifs is 1. The van der Waals surface area contributed by atoms with Crippen molar-refractivity contribution in [3.8, 4) is 11.4 Å². The molecule has 0 spiro atoms.